The largest absolute Gasteiger partial charge is 0.272 e. The molecule has 0 aromatic rings. The van der Waals surface area contributed by atoms with Gasteiger partial charge < -0.3 is 0 Å². The summed E-state index contributed by atoms with van der Waals surface area (Å²) in [6, 6.07) is 0. The van der Waals surface area contributed by atoms with E-state index in [2.05, 4.69) is 0 Å². The van der Waals surface area contributed by atoms with Gasteiger partial charge in [-0.1, -0.05) is 22.6 Å². The lowest BCUT2D eigenvalue weighted by atomic mass is 10.4. The molecular weight excluding hydrogens is 232 g/mol. The molecule has 1 atom stereocenters. The minimum atomic E-state index is -2.89. The SMILES string of the molecule is FC(F)C(F)/C=C/I. The molecule has 0 aromatic heterocycles. The van der Waals surface area contributed by atoms with Crippen LogP contribution in [0.1, 0.15) is 0 Å². The van der Waals surface area contributed by atoms with Crippen molar-refractivity contribution in [1.29, 1.82) is 0 Å². The van der Waals surface area contributed by atoms with Crippen LogP contribution in [0, 0.1) is 0 Å². The summed E-state index contributed by atoms with van der Waals surface area (Å²) in [6.07, 6.45) is -4.18. The zero-order valence-corrected chi connectivity index (χ0v) is 5.98. The normalized spacial score (nSPS) is 15.6. The van der Waals surface area contributed by atoms with Gasteiger partial charge in [0.05, 0.1) is 0 Å². The van der Waals surface area contributed by atoms with Crippen LogP contribution in [0.2, 0.25) is 0 Å². The van der Waals surface area contributed by atoms with E-state index in [9.17, 15) is 13.2 Å². The summed E-state index contributed by atoms with van der Waals surface area (Å²) in [4.78, 5) is 0. The Labute approximate surface area is 58.9 Å². The van der Waals surface area contributed by atoms with Gasteiger partial charge in [-0.3, -0.25) is 0 Å². The van der Waals surface area contributed by atoms with Gasteiger partial charge in [-0.2, -0.15) is 0 Å². The molecule has 8 heavy (non-hydrogen) atoms. The topological polar surface area (TPSA) is 0 Å². The van der Waals surface area contributed by atoms with E-state index >= 15 is 0 Å². The van der Waals surface area contributed by atoms with Crippen molar-refractivity contribution >= 4 is 22.6 Å². The highest BCUT2D eigenvalue weighted by molar-refractivity contribution is 14.1. The molecule has 0 heterocycles. The monoisotopic (exact) mass is 236 g/mol. The van der Waals surface area contributed by atoms with Crippen molar-refractivity contribution in [1.82, 2.24) is 0 Å². The maximum Gasteiger partial charge on any atom is 0.272 e. The Morgan fingerprint density at radius 2 is 1.75 bits per heavy atom. The average molecular weight is 236 g/mol. The molecule has 0 saturated heterocycles. The number of rotatable bonds is 2. The predicted octanol–water partition coefficient (Wildman–Crippen LogP) is 2.54. The molecule has 1 unspecified atom stereocenters. The molecule has 0 aliphatic rings. The molecule has 0 spiro atoms. The maximum atomic E-state index is 11.7. The Morgan fingerprint density at radius 1 is 1.25 bits per heavy atom. The summed E-state index contributed by atoms with van der Waals surface area (Å²) in [6.45, 7) is 0. The van der Waals surface area contributed by atoms with Crippen molar-refractivity contribution in [2.24, 2.45) is 0 Å². The molecule has 0 rings (SSSR count). The lowest BCUT2D eigenvalue weighted by Gasteiger charge is -1.96. The third kappa shape index (κ3) is 3.29. The second-order valence-electron chi connectivity index (χ2n) is 1.10. The van der Waals surface area contributed by atoms with Gasteiger partial charge in [0.1, 0.15) is 0 Å². The summed E-state index contributed by atoms with van der Waals surface area (Å²) in [7, 11) is 0. The van der Waals surface area contributed by atoms with Gasteiger partial charge in [0.2, 0.25) is 0 Å². The number of halogens is 4. The summed E-state index contributed by atoms with van der Waals surface area (Å²) < 4.78 is 35.3. The molecule has 0 radical (unpaired) electrons. The number of hydrogen-bond acceptors (Lipinski definition) is 0. The van der Waals surface area contributed by atoms with Gasteiger partial charge in [-0.25, -0.2) is 13.2 Å². The molecule has 0 saturated carbocycles. The average Bonchev–Trinajstić information content (AvgIpc) is 1.67. The zero-order valence-electron chi connectivity index (χ0n) is 3.82. The highest BCUT2D eigenvalue weighted by Crippen LogP contribution is 2.06. The van der Waals surface area contributed by atoms with E-state index in [0.717, 1.165) is 6.08 Å². The third-order valence-corrected chi connectivity index (χ3v) is 0.913. The zero-order chi connectivity index (χ0) is 6.57. The molecule has 0 aliphatic heterocycles. The molecule has 0 aliphatic carbocycles. The van der Waals surface area contributed by atoms with Crippen molar-refractivity contribution < 1.29 is 13.2 Å². The molecule has 4 heteroatoms. The van der Waals surface area contributed by atoms with E-state index in [4.69, 9.17) is 0 Å². The van der Waals surface area contributed by atoms with E-state index < -0.39 is 12.6 Å². The Balaban J connectivity index is 3.47. The fourth-order valence-corrected chi connectivity index (χ4v) is 0.550. The number of alkyl halides is 3. The molecule has 0 bridgehead atoms. The van der Waals surface area contributed by atoms with Crippen molar-refractivity contribution in [2.75, 3.05) is 0 Å². The predicted molar refractivity (Wildman–Crippen MR) is 34.1 cm³/mol. The first-order valence-corrected chi connectivity index (χ1v) is 3.12. The van der Waals surface area contributed by atoms with Crippen LogP contribution in [-0.4, -0.2) is 12.6 Å². The summed E-state index contributed by atoms with van der Waals surface area (Å²) in [5.41, 5.74) is 0. The Kier molecular flexibility index (Phi) is 4.31. The summed E-state index contributed by atoms with van der Waals surface area (Å²) >= 11 is 1.68. The standard InChI is InChI=1S/C4H4F3I/c5-3(1-2-8)4(6)7/h1-4H/b2-1+. The lowest BCUT2D eigenvalue weighted by Crippen LogP contribution is -2.06. The lowest BCUT2D eigenvalue weighted by molar-refractivity contribution is 0.0752. The molecule has 0 fully saturated rings. The molecule has 0 nitrogen and oxygen atoms in total. The second-order valence-corrected chi connectivity index (χ2v) is 1.82. The van der Waals surface area contributed by atoms with Crippen molar-refractivity contribution in [3.05, 3.63) is 10.2 Å². The Morgan fingerprint density at radius 3 is 1.88 bits per heavy atom. The van der Waals surface area contributed by atoms with E-state index in [1.807, 2.05) is 0 Å². The van der Waals surface area contributed by atoms with Gasteiger partial charge >= 0.3 is 0 Å². The fraction of sp³-hybridized carbons (Fsp3) is 0.500. The molecule has 0 N–H and O–H groups in total. The van der Waals surface area contributed by atoms with Crippen LogP contribution in [0.15, 0.2) is 10.2 Å². The summed E-state index contributed by atoms with van der Waals surface area (Å²) in [5, 5.41) is 0. The van der Waals surface area contributed by atoms with Gasteiger partial charge in [-0.15, -0.1) is 0 Å². The van der Waals surface area contributed by atoms with Crippen LogP contribution in [0.25, 0.3) is 0 Å². The minimum Gasteiger partial charge on any atom is -0.237 e. The van der Waals surface area contributed by atoms with Crippen LogP contribution in [-0.2, 0) is 0 Å². The molecule has 48 valence electrons. The first-order valence-electron chi connectivity index (χ1n) is 1.87. The van der Waals surface area contributed by atoms with E-state index in [1.54, 1.807) is 22.6 Å². The fourth-order valence-electron chi connectivity index (χ4n) is 0.153. The molecule has 0 amide bonds. The van der Waals surface area contributed by atoms with Crippen LogP contribution < -0.4 is 0 Å². The highest BCUT2D eigenvalue weighted by atomic mass is 127. The number of allylic oxidation sites excluding steroid dienone is 1. The van der Waals surface area contributed by atoms with Gasteiger partial charge in [0.15, 0.2) is 6.17 Å². The minimum absolute atomic E-state index is 0.811. The molecule has 0 aromatic carbocycles. The van der Waals surface area contributed by atoms with E-state index in [1.165, 1.54) is 4.08 Å². The Hall–Kier alpha value is 0.260. The smallest absolute Gasteiger partial charge is 0.237 e. The van der Waals surface area contributed by atoms with Gasteiger partial charge in [0.25, 0.3) is 6.43 Å². The van der Waals surface area contributed by atoms with E-state index in [0.29, 0.717) is 0 Å². The molecular formula is C4H4F3I. The van der Waals surface area contributed by atoms with E-state index in [-0.39, 0.29) is 0 Å². The first-order chi connectivity index (χ1) is 3.68. The quantitative estimate of drug-likeness (QED) is 0.646. The maximum absolute atomic E-state index is 11.7. The van der Waals surface area contributed by atoms with Crippen LogP contribution in [0.4, 0.5) is 13.2 Å². The van der Waals surface area contributed by atoms with Gasteiger partial charge in [-0.05, 0) is 10.2 Å². The first kappa shape index (κ1) is 8.26. The van der Waals surface area contributed by atoms with Crippen molar-refractivity contribution in [3.63, 3.8) is 0 Å². The number of hydrogen-bond donors (Lipinski definition) is 0. The summed E-state index contributed by atoms with van der Waals surface area (Å²) in [5.74, 6) is 0. The Bertz CT molecular complexity index is 81.4. The van der Waals surface area contributed by atoms with Gasteiger partial charge in [0, 0.05) is 0 Å². The van der Waals surface area contributed by atoms with Crippen molar-refractivity contribution in [3.8, 4) is 0 Å². The second kappa shape index (κ2) is 4.17. The van der Waals surface area contributed by atoms with Crippen LogP contribution in [0.5, 0.6) is 0 Å². The van der Waals surface area contributed by atoms with Crippen molar-refractivity contribution in [2.45, 2.75) is 12.6 Å². The van der Waals surface area contributed by atoms with Crippen LogP contribution >= 0.6 is 22.6 Å². The highest BCUT2D eigenvalue weighted by Gasteiger charge is 2.13. The van der Waals surface area contributed by atoms with Crippen LogP contribution in [0.3, 0.4) is 0 Å². The third-order valence-electron chi connectivity index (χ3n) is 0.497.